The normalized spacial score (nSPS) is 19.5. The van der Waals surface area contributed by atoms with E-state index in [1.54, 1.807) is 35.1 Å². The summed E-state index contributed by atoms with van der Waals surface area (Å²) in [6, 6.07) is 15.3. The molecule has 0 spiro atoms. The highest BCUT2D eigenvalue weighted by molar-refractivity contribution is 5.80. The number of pyridine rings is 2. The molecule has 2 saturated heterocycles. The molecule has 0 saturated carbocycles. The average Bonchev–Trinajstić information content (AvgIpc) is 3.60. The average molecular weight is 472 g/mol. The van der Waals surface area contributed by atoms with E-state index in [4.69, 9.17) is 15.5 Å². The van der Waals surface area contributed by atoms with Crippen LogP contribution in [0.15, 0.2) is 60.9 Å². The van der Waals surface area contributed by atoms with Crippen LogP contribution in [0.1, 0.15) is 6.42 Å². The molecule has 0 unspecified atom stereocenters. The molecular weight excluding hydrogens is 445 g/mol. The Balaban J connectivity index is 1.32. The third kappa shape index (κ3) is 3.68. The maximum absolute atomic E-state index is 14.7. The lowest BCUT2D eigenvalue weighted by Gasteiger charge is -2.32. The van der Waals surface area contributed by atoms with Crippen LogP contribution >= 0.6 is 0 Å². The van der Waals surface area contributed by atoms with E-state index in [1.165, 1.54) is 19.6 Å². The zero-order chi connectivity index (χ0) is 24.1. The lowest BCUT2D eigenvalue weighted by atomic mass is 10.1. The van der Waals surface area contributed by atoms with Crippen LogP contribution in [-0.2, 0) is 0 Å². The van der Waals surface area contributed by atoms with Crippen LogP contribution in [0.25, 0.3) is 28.3 Å². The Bertz CT molecular complexity index is 1400. The number of anilines is 2. The molecule has 5 heterocycles. The van der Waals surface area contributed by atoms with Crippen LogP contribution in [0.5, 0.6) is 5.75 Å². The predicted octanol–water partition coefficient (Wildman–Crippen LogP) is 3.62. The van der Waals surface area contributed by atoms with Crippen LogP contribution in [0.4, 0.5) is 15.9 Å². The number of ether oxygens (including phenoxy) is 1. The van der Waals surface area contributed by atoms with Crippen LogP contribution < -0.4 is 15.4 Å². The van der Waals surface area contributed by atoms with Gasteiger partial charge in [-0.2, -0.15) is 5.10 Å². The maximum Gasteiger partial charge on any atom is 0.155 e. The first kappa shape index (κ1) is 21.5. The van der Waals surface area contributed by atoms with Crippen LogP contribution in [0, 0.1) is 5.82 Å². The van der Waals surface area contributed by atoms with Gasteiger partial charge in [-0.25, -0.2) is 19.0 Å². The Morgan fingerprint density at radius 1 is 1.00 bits per heavy atom. The third-order valence-corrected chi connectivity index (χ3v) is 7.00. The Morgan fingerprint density at radius 2 is 1.83 bits per heavy atom. The third-order valence-electron chi connectivity index (χ3n) is 7.00. The number of likely N-dealkylation sites (N-methyl/N-ethyl adjacent to an activating group) is 1. The first-order chi connectivity index (χ1) is 17.0. The number of hydrogen-bond donors (Lipinski definition) is 1. The van der Waals surface area contributed by atoms with Crippen molar-refractivity contribution in [3.63, 3.8) is 0 Å². The predicted molar refractivity (Wildman–Crippen MR) is 133 cm³/mol. The van der Waals surface area contributed by atoms with Gasteiger partial charge in [0.15, 0.2) is 5.82 Å². The standard InChI is InChI=1S/C26H26FN7O/c1-32-14-18-11-17(32)15-33(18)23-7-4-8-24(31-23)34-13-16(12-29-34)21-10-9-20(28)26(30-21)25-19(27)5-3-6-22(25)35-2/h3-10,12-13,17-18H,11,14-15,28H2,1-2H3/t17-,18-/m0/s1. The highest BCUT2D eigenvalue weighted by atomic mass is 19.1. The molecule has 9 heteroatoms. The second-order valence-corrected chi connectivity index (χ2v) is 9.11. The van der Waals surface area contributed by atoms with Gasteiger partial charge in [0, 0.05) is 36.9 Å². The smallest absolute Gasteiger partial charge is 0.155 e. The van der Waals surface area contributed by atoms with Gasteiger partial charge in [-0.1, -0.05) is 12.1 Å². The van der Waals surface area contributed by atoms with Crippen molar-refractivity contribution in [3.05, 3.63) is 66.7 Å². The van der Waals surface area contributed by atoms with Gasteiger partial charge in [-0.05, 0) is 49.9 Å². The number of aromatic nitrogens is 4. The van der Waals surface area contributed by atoms with Gasteiger partial charge >= 0.3 is 0 Å². The second-order valence-electron chi connectivity index (χ2n) is 9.11. The first-order valence-corrected chi connectivity index (χ1v) is 11.6. The van der Waals surface area contributed by atoms with Gasteiger partial charge in [0.25, 0.3) is 0 Å². The van der Waals surface area contributed by atoms with E-state index in [2.05, 4.69) is 33.0 Å². The summed E-state index contributed by atoms with van der Waals surface area (Å²) in [5.74, 6) is 1.63. The number of nitrogen functional groups attached to an aromatic ring is 1. The van der Waals surface area contributed by atoms with Crippen LogP contribution in [-0.4, -0.2) is 64.0 Å². The fourth-order valence-corrected chi connectivity index (χ4v) is 5.16. The molecule has 2 aliphatic rings. The molecule has 6 rings (SSSR count). The largest absolute Gasteiger partial charge is 0.496 e. The quantitative estimate of drug-likeness (QED) is 0.476. The molecule has 0 amide bonds. The lowest BCUT2D eigenvalue weighted by molar-refractivity contribution is 0.292. The number of benzene rings is 1. The van der Waals surface area contributed by atoms with Crippen molar-refractivity contribution in [1.82, 2.24) is 24.6 Å². The Hall–Kier alpha value is -3.98. The summed E-state index contributed by atoms with van der Waals surface area (Å²) in [6.07, 6.45) is 4.78. The molecule has 2 bridgehead atoms. The summed E-state index contributed by atoms with van der Waals surface area (Å²) in [4.78, 5) is 14.4. The summed E-state index contributed by atoms with van der Waals surface area (Å²) in [7, 11) is 3.69. The molecule has 35 heavy (non-hydrogen) atoms. The molecule has 1 aromatic carbocycles. The Labute approximate surface area is 202 Å². The molecular formula is C26H26FN7O. The topological polar surface area (TPSA) is 85.3 Å². The van der Waals surface area contributed by atoms with Crippen molar-refractivity contribution < 1.29 is 9.13 Å². The van der Waals surface area contributed by atoms with E-state index in [0.29, 0.717) is 34.9 Å². The monoisotopic (exact) mass is 471 g/mol. The zero-order valence-corrected chi connectivity index (χ0v) is 19.6. The van der Waals surface area contributed by atoms with Gasteiger partial charge in [-0.3, -0.25) is 4.90 Å². The van der Waals surface area contributed by atoms with Gasteiger partial charge in [0.1, 0.15) is 23.1 Å². The summed E-state index contributed by atoms with van der Waals surface area (Å²) in [5, 5.41) is 4.52. The van der Waals surface area contributed by atoms with Crippen LogP contribution in [0.2, 0.25) is 0 Å². The molecule has 2 aliphatic heterocycles. The number of fused-ring (bicyclic) bond motifs is 2. The molecule has 0 radical (unpaired) electrons. The van der Waals surface area contributed by atoms with Crippen molar-refractivity contribution in [1.29, 1.82) is 0 Å². The van der Waals surface area contributed by atoms with Crippen molar-refractivity contribution in [3.8, 4) is 34.1 Å². The van der Waals surface area contributed by atoms with Gasteiger partial charge in [0.05, 0.1) is 30.3 Å². The zero-order valence-electron chi connectivity index (χ0n) is 19.6. The van der Waals surface area contributed by atoms with Crippen LogP contribution in [0.3, 0.4) is 0 Å². The maximum atomic E-state index is 14.7. The minimum Gasteiger partial charge on any atom is -0.496 e. The number of nitrogens with zero attached hydrogens (tertiary/aromatic N) is 6. The SMILES string of the molecule is COc1cccc(F)c1-c1nc(-c2cnn(-c3cccc(N4C[C@@H]5C[C@H]4CN5C)n3)c2)ccc1N. The second kappa shape index (κ2) is 8.35. The van der Waals surface area contributed by atoms with Crippen molar-refractivity contribution in [2.75, 3.05) is 37.9 Å². The number of piperazine rings is 1. The van der Waals surface area contributed by atoms with Crippen molar-refractivity contribution in [2.45, 2.75) is 18.5 Å². The summed E-state index contributed by atoms with van der Waals surface area (Å²) >= 11 is 0. The van der Waals surface area contributed by atoms with Gasteiger partial charge in [0.2, 0.25) is 0 Å². The molecule has 178 valence electrons. The summed E-state index contributed by atoms with van der Waals surface area (Å²) < 4.78 is 21.8. The van der Waals surface area contributed by atoms with E-state index in [1.807, 2.05) is 18.3 Å². The van der Waals surface area contributed by atoms with Gasteiger partial charge < -0.3 is 15.4 Å². The Kier molecular flexibility index (Phi) is 5.14. The van der Waals surface area contributed by atoms with E-state index in [-0.39, 0.29) is 5.56 Å². The highest BCUT2D eigenvalue weighted by Gasteiger charge is 2.41. The van der Waals surface area contributed by atoms with Crippen molar-refractivity contribution in [2.24, 2.45) is 0 Å². The molecule has 2 N–H and O–H groups in total. The molecule has 0 aliphatic carbocycles. The summed E-state index contributed by atoms with van der Waals surface area (Å²) in [5.41, 5.74) is 8.51. The molecule has 2 atom stereocenters. The fraction of sp³-hybridized carbons (Fsp3) is 0.269. The van der Waals surface area contributed by atoms with E-state index >= 15 is 0 Å². The number of likely N-dealkylation sites (tertiary alicyclic amines) is 1. The number of methoxy groups -OCH3 is 1. The van der Waals surface area contributed by atoms with E-state index in [0.717, 1.165) is 30.3 Å². The molecule has 3 aromatic heterocycles. The minimum atomic E-state index is -0.445. The number of halogens is 1. The van der Waals surface area contributed by atoms with E-state index < -0.39 is 5.82 Å². The molecule has 2 fully saturated rings. The first-order valence-electron chi connectivity index (χ1n) is 11.6. The lowest BCUT2D eigenvalue weighted by Crippen LogP contribution is -2.44. The summed E-state index contributed by atoms with van der Waals surface area (Å²) in [6.45, 7) is 2.07. The minimum absolute atomic E-state index is 0.238. The van der Waals surface area contributed by atoms with Crippen molar-refractivity contribution >= 4 is 11.5 Å². The highest BCUT2D eigenvalue weighted by Crippen LogP contribution is 2.36. The number of hydrogen-bond acceptors (Lipinski definition) is 7. The molecule has 4 aromatic rings. The fourth-order valence-electron chi connectivity index (χ4n) is 5.16. The number of rotatable bonds is 5. The number of nitrogens with two attached hydrogens (primary N) is 1. The Morgan fingerprint density at radius 3 is 2.60 bits per heavy atom. The molecule has 8 nitrogen and oxygen atoms in total. The van der Waals surface area contributed by atoms with E-state index in [9.17, 15) is 4.39 Å². The van der Waals surface area contributed by atoms with Gasteiger partial charge in [-0.15, -0.1) is 0 Å².